The first-order valence-corrected chi connectivity index (χ1v) is 7.54. The molecule has 0 fully saturated rings. The summed E-state index contributed by atoms with van der Waals surface area (Å²) >= 11 is 0. The zero-order valence-corrected chi connectivity index (χ0v) is 13.1. The Morgan fingerprint density at radius 1 is 1.14 bits per heavy atom. The molecule has 21 heavy (non-hydrogen) atoms. The van der Waals surface area contributed by atoms with Gasteiger partial charge in [0, 0.05) is 25.5 Å². The molecule has 112 valence electrons. The minimum absolute atomic E-state index is 0.766. The highest BCUT2D eigenvalue weighted by atomic mass is 15.2. The maximum absolute atomic E-state index is 4.73. The van der Waals surface area contributed by atoms with Crippen molar-refractivity contribution < 1.29 is 0 Å². The molecule has 0 bridgehead atoms. The summed E-state index contributed by atoms with van der Waals surface area (Å²) in [7, 11) is 2.06. The predicted molar refractivity (Wildman–Crippen MR) is 87.3 cm³/mol. The lowest BCUT2D eigenvalue weighted by atomic mass is 10.2. The van der Waals surface area contributed by atoms with Gasteiger partial charge in [0.25, 0.3) is 0 Å². The maximum atomic E-state index is 4.73. The van der Waals surface area contributed by atoms with E-state index < -0.39 is 0 Å². The van der Waals surface area contributed by atoms with Crippen LogP contribution in [-0.4, -0.2) is 23.6 Å². The SMILES string of the molecule is CCNCc1cc(CC)nc(N(C)Cc2ccccn2)c1. The average Bonchev–Trinajstić information content (AvgIpc) is 2.53. The fourth-order valence-corrected chi connectivity index (χ4v) is 2.20. The van der Waals surface area contributed by atoms with E-state index in [1.165, 1.54) is 5.56 Å². The van der Waals surface area contributed by atoms with Gasteiger partial charge in [-0.05, 0) is 42.8 Å². The van der Waals surface area contributed by atoms with Crippen LogP contribution >= 0.6 is 0 Å². The van der Waals surface area contributed by atoms with Crippen LogP contribution in [0.25, 0.3) is 0 Å². The Kier molecular flexibility index (Phi) is 5.69. The van der Waals surface area contributed by atoms with Gasteiger partial charge >= 0.3 is 0 Å². The Labute approximate surface area is 127 Å². The molecule has 1 N–H and O–H groups in total. The quantitative estimate of drug-likeness (QED) is 0.849. The van der Waals surface area contributed by atoms with Gasteiger partial charge in [0.2, 0.25) is 0 Å². The molecule has 0 unspecified atom stereocenters. The van der Waals surface area contributed by atoms with Gasteiger partial charge in [-0.15, -0.1) is 0 Å². The summed E-state index contributed by atoms with van der Waals surface area (Å²) in [6.45, 7) is 6.89. The Morgan fingerprint density at radius 2 is 2.00 bits per heavy atom. The molecule has 2 heterocycles. The first-order chi connectivity index (χ1) is 10.2. The van der Waals surface area contributed by atoms with Crippen molar-refractivity contribution in [1.82, 2.24) is 15.3 Å². The van der Waals surface area contributed by atoms with Crippen LogP contribution in [0.3, 0.4) is 0 Å². The summed E-state index contributed by atoms with van der Waals surface area (Å²) in [6, 6.07) is 10.3. The largest absolute Gasteiger partial charge is 0.354 e. The molecule has 0 radical (unpaired) electrons. The molecule has 0 aliphatic carbocycles. The minimum Gasteiger partial charge on any atom is -0.354 e. The van der Waals surface area contributed by atoms with E-state index in [2.05, 4.69) is 48.2 Å². The number of aryl methyl sites for hydroxylation is 1. The summed E-state index contributed by atoms with van der Waals surface area (Å²) in [5.41, 5.74) is 3.47. The number of nitrogens with zero attached hydrogens (tertiary/aromatic N) is 3. The normalized spacial score (nSPS) is 10.6. The highest BCUT2D eigenvalue weighted by molar-refractivity contribution is 5.42. The lowest BCUT2D eigenvalue weighted by Gasteiger charge is -2.19. The topological polar surface area (TPSA) is 41.1 Å². The molecular formula is C17H24N4. The van der Waals surface area contributed by atoms with Crippen LogP contribution in [0.1, 0.15) is 30.8 Å². The highest BCUT2D eigenvalue weighted by Crippen LogP contribution is 2.16. The van der Waals surface area contributed by atoms with Gasteiger partial charge in [0.1, 0.15) is 5.82 Å². The van der Waals surface area contributed by atoms with E-state index in [4.69, 9.17) is 4.98 Å². The van der Waals surface area contributed by atoms with Gasteiger partial charge in [-0.3, -0.25) is 4.98 Å². The van der Waals surface area contributed by atoms with Crippen LogP contribution in [0.15, 0.2) is 36.5 Å². The van der Waals surface area contributed by atoms with Crippen LogP contribution < -0.4 is 10.2 Å². The number of hydrogen-bond acceptors (Lipinski definition) is 4. The minimum atomic E-state index is 0.766. The van der Waals surface area contributed by atoms with Crippen molar-refractivity contribution in [2.24, 2.45) is 0 Å². The Balaban J connectivity index is 2.16. The van der Waals surface area contributed by atoms with Crippen molar-refractivity contribution in [3.63, 3.8) is 0 Å². The summed E-state index contributed by atoms with van der Waals surface area (Å²) in [4.78, 5) is 11.3. The van der Waals surface area contributed by atoms with E-state index >= 15 is 0 Å². The monoisotopic (exact) mass is 284 g/mol. The first-order valence-electron chi connectivity index (χ1n) is 7.54. The molecule has 0 aromatic carbocycles. The molecule has 0 spiro atoms. The lowest BCUT2D eigenvalue weighted by molar-refractivity contribution is 0.723. The van der Waals surface area contributed by atoms with Crippen LogP contribution in [-0.2, 0) is 19.5 Å². The van der Waals surface area contributed by atoms with E-state index in [-0.39, 0.29) is 0 Å². The van der Waals surface area contributed by atoms with Crippen molar-refractivity contribution in [3.05, 3.63) is 53.5 Å². The van der Waals surface area contributed by atoms with Crippen molar-refractivity contribution in [2.75, 3.05) is 18.5 Å². The molecular weight excluding hydrogens is 260 g/mol. The summed E-state index contributed by atoms with van der Waals surface area (Å²) < 4.78 is 0. The van der Waals surface area contributed by atoms with E-state index in [0.717, 1.165) is 43.3 Å². The summed E-state index contributed by atoms with van der Waals surface area (Å²) in [5, 5.41) is 3.37. The second kappa shape index (κ2) is 7.74. The molecule has 0 saturated heterocycles. The second-order valence-corrected chi connectivity index (χ2v) is 5.14. The van der Waals surface area contributed by atoms with Crippen LogP contribution in [0, 0.1) is 0 Å². The van der Waals surface area contributed by atoms with E-state index in [1.54, 1.807) is 0 Å². The molecule has 2 aromatic rings. The van der Waals surface area contributed by atoms with E-state index in [1.807, 2.05) is 24.4 Å². The predicted octanol–water partition coefficient (Wildman–Crippen LogP) is 2.78. The van der Waals surface area contributed by atoms with Gasteiger partial charge in [0.05, 0.1) is 12.2 Å². The number of nitrogens with one attached hydrogen (secondary N) is 1. The van der Waals surface area contributed by atoms with Crippen LogP contribution in [0.4, 0.5) is 5.82 Å². The Bertz CT molecular complexity index is 554. The summed E-state index contributed by atoms with van der Waals surface area (Å²) in [5.74, 6) is 1.01. The zero-order chi connectivity index (χ0) is 15.1. The van der Waals surface area contributed by atoms with Crippen molar-refractivity contribution in [2.45, 2.75) is 33.4 Å². The third-order valence-corrected chi connectivity index (χ3v) is 3.38. The van der Waals surface area contributed by atoms with Gasteiger partial charge in [-0.1, -0.05) is 19.9 Å². The van der Waals surface area contributed by atoms with Gasteiger partial charge in [0.15, 0.2) is 0 Å². The molecule has 0 aliphatic rings. The fourth-order valence-electron chi connectivity index (χ4n) is 2.20. The first kappa shape index (κ1) is 15.4. The van der Waals surface area contributed by atoms with Gasteiger partial charge in [-0.25, -0.2) is 4.98 Å². The maximum Gasteiger partial charge on any atom is 0.129 e. The third-order valence-electron chi connectivity index (χ3n) is 3.38. The van der Waals surface area contributed by atoms with Crippen molar-refractivity contribution >= 4 is 5.82 Å². The lowest BCUT2D eigenvalue weighted by Crippen LogP contribution is -2.20. The molecule has 0 aliphatic heterocycles. The van der Waals surface area contributed by atoms with Crippen molar-refractivity contribution in [3.8, 4) is 0 Å². The highest BCUT2D eigenvalue weighted by Gasteiger charge is 2.07. The summed E-state index contributed by atoms with van der Waals surface area (Å²) in [6.07, 6.45) is 2.78. The zero-order valence-electron chi connectivity index (χ0n) is 13.1. The number of aromatic nitrogens is 2. The Hall–Kier alpha value is -1.94. The van der Waals surface area contributed by atoms with Crippen LogP contribution in [0.5, 0.6) is 0 Å². The molecule has 4 heteroatoms. The molecule has 0 atom stereocenters. The molecule has 0 saturated carbocycles. The standard InChI is InChI=1S/C17H24N4/c1-4-15-10-14(12-18-5-2)11-17(20-15)21(3)13-16-8-6-7-9-19-16/h6-11,18H,4-5,12-13H2,1-3H3. The van der Waals surface area contributed by atoms with E-state index in [0.29, 0.717) is 0 Å². The van der Waals surface area contributed by atoms with Gasteiger partial charge in [-0.2, -0.15) is 0 Å². The number of pyridine rings is 2. The van der Waals surface area contributed by atoms with E-state index in [9.17, 15) is 0 Å². The number of hydrogen-bond donors (Lipinski definition) is 1. The number of anilines is 1. The van der Waals surface area contributed by atoms with Gasteiger partial charge < -0.3 is 10.2 Å². The fraction of sp³-hybridized carbons (Fsp3) is 0.412. The molecule has 2 rings (SSSR count). The Morgan fingerprint density at radius 3 is 2.67 bits per heavy atom. The second-order valence-electron chi connectivity index (χ2n) is 5.14. The molecule has 0 amide bonds. The smallest absolute Gasteiger partial charge is 0.129 e. The third kappa shape index (κ3) is 4.53. The van der Waals surface area contributed by atoms with Crippen molar-refractivity contribution in [1.29, 1.82) is 0 Å². The molecule has 4 nitrogen and oxygen atoms in total. The molecule has 2 aromatic heterocycles. The average molecular weight is 284 g/mol. The van der Waals surface area contributed by atoms with Crippen LogP contribution in [0.2, 0.25) is 0 Å². The number of rotatable bonds is 7.